The van der Waals surface area contributed by atoms with Gasteiger partial charge in [-0.1, -0.05) is 25.1 Å². The molecule has 0 bridgehead atoms. The number of carbonyl (C=O) groups excluding carboxylic acids is 1. The fourth-order valence-corrected chi connectivity index (χ4v) is 5.27. The van der Waals surface area contributed by atoms with Crippen LogP contribution in [-0.4, -0.2) is 36.8 Å². The van der Waals surface area contributed by atoms with Crippen LogP contribution in [-0.2, 0) is 4.74 Å². The Morgan fingerprint density at radius 1 is 1.08 bits per heavy atom. The van der Waals surface area contributed by atoms with Crippen molar-refractivity contribution in [2.24, 2.45) is 0 Å². The second kappa shape index (κ2) is 9.10. The van der Waals surface area contributed by atoms with E-state index in [9.17, 15) is 4.79 Å². The van der Waals surface area contributed by atoms with Crippen LogP contribution in [0.25, 0.3) is 22.0 Å². The molecule has 1 aliphatic heterocycles. The van der Waals surface area contributed by atoms with Gasteiger partial charge in [0, 0.05) is 54.4 Å². The van der Waals surface area contributed by atoms with Gasteiger partial charge in [0.1, 0.15) is 17.7 Å². The van der Waals surface area contributed by atoms with Crippen molar-refractivity contribution in [3.63, 3.8) is 0 Å². The van der Waals surface area contributed by atoms with E-state index in [0.717, 1.165) is 11.1 Å². The van der Waals surface area contributed by atoms with E-state index in [1.807, 2.05) is 57.1 Å². The van der Waals surface area contributed by atoms with E-state index in [1.165, 1.54) is 6.07 Å². The summed E-state index contributed by atoms with van der Waals surface area (Å²) in [5.74, 6) is -1.87. The molecule has 3 N–H and O–H groups in total. The number of aromatic nitrogens is 1. The van der Waals surface area contributed by atoms with Gasteiger partial charge in [0.05, 0.1) is 16.6 Å². The second-order valence-corrected chi connectivity index (χ2v) is 10.3. The first-order valence-corrected chi connectivity index (χ1v) is 12.2. The molecule has 4 aromatic rings. The number of nitrogens with zero attached hydrogens (tertiary/aromatic N) is 1. The van der Waals surface area contributed by atoms with Gasteiger partial charge in [0.15, 0.2) is 0 Å². The van der Waals surface area contributed by atoms with Crippen molar-refractivity contribution in [1.82, 2.24) is 4.98 Å². The summed E-state index contributed by atoms with van der Waals surface area (Å²) in [6.45, 7) is 5.49. The van der Waals surface area contributed by atoms with Crippen LogP contribution in [0.15, 0.2) is 60.8 Å². The minimum absolute atomic E-state index is 0.107. The lowest BCUT2D eigenvalue weighted by Gasteiger charge is -2.44. The number of hydrogen-bond donors (Lipinski definition) is 3. The molecule has 0 saturated carbocycles. The zero-order valence-corrected chi connectivity index (χ0v) is 21.4. The van der Waals surface area contributed by atoms with Gasteiger partial charge in [0.2, 0.25) is 0 Å². The quantitative estimate of drug-likeness (QED) is 0.277. The fourth-order valence-electron chi connectivity index (χ4n) is 5.27. The summed E-state index contributed by atoms with van der Waals surface area (Å²) < 4.78 is 37.4. The number of halogens is 2. The molecule has 0 fully saturated rings. The zero-order valence-electron chi connectivity index (χ0n) is 21.4. The molecule has 0 spiro atoms. The molecule has 0 radical (unpaired) electrons. The van der Waals surface area contributed by atoms with Gasteiger partial charge < -0.3 is 19.9 Å². The van der Waals surface area contributed by atoms with Crippen molar-refractivity contribution >= 4 is 34.1 Å². The number of H-pyrrole nitrogens is 1. The average molecular weight is 505 g/mol. The minimum Gasteiger partial charge on any atom is -0.443 e. The van der Waals surface area contributed by atoms with Gasteiger partial charge in [-0.25, -0.2) is 13.6 Å². The molecular weight excluding hydrogens is 474 g/mol. The van der Waals surface area contributed by atoms with Crippen LogP contribution in [0.5, 0.6) is 0 Å². The van der Waals surface area contributed by atoms with E-state index in [4.69, 9.17) is 4.74 Å². The van der Waals surface area contributed by atoms with Crippen molar-refractivity contribution in [2.45, 2.75) is 38.3 Å². The third kappa shape index (κ3) is 4.37. The van der Waals surface area contributed by atoms with Crippen molar-refractivity contribution in [3.8, 4) is 11.1 Å². The molecule has 6 nitrogen and oxygen atoms in total. The molecule has 8 heteroatoms. The fraction of sp³-hybridized carbons (Fsp3) is 0.276. The first-order chi connectivity index (χ1) is 17.6. The first-order valence-electron chi connectivity index (χ1n) is 12.2. The third-order valence-corrected chi connectivity index (χ3v) is 7.05. The van der Waals surface area contributed by atoms with Gasteiger partial charge in [0.25, 0.3) is 0 Å². The lowest BCUT2D eigenvalue weighted by Crippen LogP contribution is -2.52. The second-order valence-electron chi connectivity index (χ2n) is 10.3. The van der Waals surface area contributed by atoms with Crippen LogP contribution >= 0.6 is 0 Å². The van der Waals surface area contributed by atoms with Crippen molar-refractivity contribution in [1.29, 1.82) is 0 Å². The third-order valence-electron chi connectivity index (χ3n) is 7.05. The number of anilines is 3. The van der Waals surface area contributed by atoms with E-state index in [0.29, 0.717) is 22.5 Å². The number of nitrogens with one attached hydrogen (secondary N) is 3. The number of rotatable bonds is 4. The number of fused-ring (bicyclic) bond motifs is 2. The first kappa shape index (κ1) is 24.6. The van der Waals surface area contributed by atoms with E-state index in [2.05, 4.69) is 15.6 Å². The van der Waals surface area contributed by atoms with Gasteiger partial charge in [-0.2, -0.15) is 0 Å². The molecule has 1 aliphatic rings. The van der Waals surface area contributed by atoms with E-state index in [-0.39, 0.29) is 11.1 Å². The zero-order chi connectivity index (χ0) is 26.5. The molecule has 1 unspecified atom stereocenters. The minimum atomic E-state index is -0.779. The van der Waals surface area contributed by atoms with Gasteiger partial charge in [-0.15, -0.1) is 0 Å². The van der Waals surface area contributed by atoms with Gasteiger partial charge in [-0.05, 0) is 55.6 Å². The SMILES string of the molecule is C[C@H]1c2c(cc(F)c(-c3cccc4cc[nH]c34)c2F)NC(C)(C)C1OC(=O)Nc1ccc(N(C)C)cc1. The number of para-hydroxylation sites is 1. The summed E-state index contributed by atoms with van der Waals surface area (Å²) in [7, 11) is 3.87. The maximum absolute atomic E-state index is 16.1. The summed E-state index contributed by atoms with van der Waals surface area (Å²) >= 11 is 0. The Kier molecular flexibility index (Phi) is 6.06. The molecule has 5 rings (SSSR count). The topological polar surface area (TPSA) is 69.4 Å². The van der Waals surface area contributed by atoms with Crippen LogP contribution < -0.4 is 15.5 Å². The highest BCUT2D eigenvalue weighted by Crippen LogP contribution is 2.46. The van der Waals surface area contributed by atoms with E-state index >= 15 is 8.78 Å². The molecule has 0 saturated heterocycles. The normalized spacial score (nSPS) is 18.1. The van der Waals surface area contributed by atoms with Gasteiger partial charge >= 0.3 is 6.09 Å². The maximum Gasteiger partial charge on any atom is 0.411 e. The predicted octanol–water partition coefficient (Wildman–Crippen LogP) is 7.10. The van der Waals surface area contributed by atoms with Crippen LogP contribution in [0.2, 0.25) is 0 Å². The number of hydrogen-bond acceptors (Lipinski definition) is 4. The highest BCUT2D eigenvalue weighted by atomic mass is 19.1. The number of carbonyl (C=O) groups is 1. The Bertz CT molecular complexity index is 1480. The predicted molar refractivity (Wildman–Crippen MR) is 144 cm³/mol. The standard InChI is InChI=1S/C29H30F2N4O2/c1-16-23-22(15-21(30)24(25(23)31)20-8-6-7-17-13-14-32-26(17)20)34-29(2,3)27(16)37-28(36)33-18-9-11-19(12-10-18)35(4)5/h6-16,27,32,34H,1-5H3,(H,33,36)/t16-,27?/m0/s1. The van der Waals surface area contributed by atoms with Crippen molar-refractivity contribution < 1.29 is 18.3 Å². The molecule has 192 valence electrons. The maximum atomic E-state index is 16.1. The van der Waals surface area contributed by atoms with Crippen LogP contribution in [0.4, 0.5) is 30.6 Å². The Hall–Kier alpha value is -4.07. The Labute approximate surface area is 214 Å². The molecule has 1 amide bonds. The number of aromatic amines is 1. The van der Waals surface area contributed by atoms with E-state index in [1.54, 1.807) is 37.4 Å². The molecule has 2 atom stereocenters. The monoisotopic (exact) mass is 504 g/mol. The average Bonchev–Trinajstić information content (AvgIpc) is 3.31. The molecular formula is C29H30F2N4O2. The smallest absolute Gasteiger partial charge is 0.411 e. The largest absolute Gasteiger partial charge is 0.443 e. The molecule has 2 heterocycles. The number of benzene rings is 3. The number of ether oxygens (including phenoxy) is 1. The molecule has 3 aromatic carbocycles. The van der Waals surface area contributed by atoms with Crippen LogP contribution in [0.1, 0.15) is 32.3 Å². The Morgan fingerprint density at radius 2 is 1.81 bits per heavy atom. The molecule has 37 heavy (non-hydrogen) atoms. The van der Waals surface area contributed by atoms with Crippen molar-refractivity contribution in [2.75, 3.05) is 29.6 Å². The Balaban J connectivity index is 1.47. The van der Waals surface area contributed by atoms with E-state index < -0.39 is 35.3 Å². The Morgan fingerprint density at radius 3 is 2.51 bits per heavy atom. The summed E-state index contributed by atoms with van der Waals surface area (Å²) in [5, 5.41) is 6.81. The summed E-state index contributed by atoms with van der Waals surface area (Å²) in [6.07, 6.45) is 0.368. The van der Waals surface area contributed by atoms with Crippen LogP contribution in [0, 0.1) is 11.6 Å². The lowest BCUT2D eigenvalue weighted by atomic mass is 9.77. The summed E-state index contributed by atoms with van der Waals surface area (Å²) in [4.78, 5) is 17.9. The summed E-state index contributed by atoms with van der Waals surface area (Å²) in [6, 6.07) is 15.9. The molecule has 0 aliphatic carbocycles. The van der Waals surface area contributed by atoms with Crippen molar-refractivity contribution in [3.05, 3.63) is 78.0 Å². The van der Waals surface area contributed by atoms with Crippen LogP contribution in [0.3, 0.4) is 0 Å². The molecule has 1 aromatic heterocycles. The lowest BCUT2D eigenvalue weighted by molar-refractivity contribution is 0.0561. The highest BCUT2D eigenvalue weighted by Gasteiger charge is 2.45. The van der Waals surface area contributed by atoms with Gasteiger partial charge in [-0.3, -0.25) is 5.32 Å². The highest BCUT2D eigenvalue weighted by molar-refractivity contribution is 5.95. The summed E-state index contributed by atoms with van der Waals surface area (Å²) in [5.41, 5.74) is 2.43. The number of amides is 1.